The van der Waals surface area contributed by atoms with E-state index in [1.54, 1.807) is 18.3 Å². The molecule has 6 nitrogen and oxygen atoms in total. The van der Waals surface area contributed by atoms with Crippen LogP contribution in [0.1, 0.15) is 23.7 Å². The Morgan fingerprint density at radius 1 is 1.20 bits per heavy atom. The number of benzene rings is 1. The van der Waals surface area contributed by atoms with Crippen LogP contribution in [0.3, 0.4) is 0 Å². The maximum absolute atomic E-state index is 12.4. The number of pyridine rings is 1. The quantitative estimate of drug-likeness (QED) is 0.686. The molecular formula is C19H26N4O2. The molecule has 0 atom stereocenters. The molecule has 0 spiro atoms. The van der Waals surface area contributed by atoms with E-state index in [0.717, 1.165) is 30.9 Å². The predicted octanol–water partition coefficient (Wildman–Crippen LogP) is 3.10. The predicted molar refractivity (Wildman–Crippen MR) is 101 cm³/mol. The normalized spacial score (nSPS) is 10.6. The Kier molecular flexibility index (Phi) is 7.22. The summed E-state index contributed by atoms with van der Waals surface area (Å²) in [6.45, 7) is 4.37. The first-order valence-electron chi connectivity index (χ1n) is 8.47. The van der Waals surface area contributed by atoms with Gasteiger partial charge in [-0.05, 0) is 70.4 Å². The van der Waals surface area contributed by atoms with Gasteiger partial charge in [0.15, 0.2) is 0 Å². The van der Waals surface area contributed by atoms with E-state index in [-0.39, 0.29) is 5.91 Å². The smallest absolute Gasteiger partial charge is 0.255 e. The first kappa shape index (κ1) is 18.7. The number of ether oxygens (including phenoxy) is 1. The zero-order valence-corrected chi connectivity index (χ0v) is 15.1. The monoisotopic (exact) mass is 342 g/mol. The third-order valence-corrected chi connectivity index (χ3v) is 3.53. The molecule has 1 amide bonds. The second-order valence-electron chi connectivity index (χ2n) is 5.92. The molecule has 0 aliphatic heterocycles. The van der Waals surface area contributed by atoms with E-state index in [4.69, 9.17) is 4.74 Å². The highest BCUT2D eigenvalue weighted by Crippen LogP contribution is 2.17. The Bertz CT molecular complexity index is 671. The van der Waals surface area contributed by atoms with Gasteiger partial charge in [0.1, 0.15) is 11.6 Å². The molecule has 0 fully saturated rings. The summed E-state index contributed by atoms with van der Waals surface area (Å²) in [5.41, 5.74) is 1.30. The number of nitrogens with one attached hydrogen (secondary N) is 2. The molecule has 1 aromatic heterocycles. The van der Waals surface area contributed by atoms with Crippen molar-refractivity contribution in [2.45, 2.75) is 13.3 Å². The molecule has 0 unspecified atom stereocenters. The van der Waals surface area contributed by atoms with Gasteiger partial charge in [-0.25, -0.2) is 4.98 Å². The minimum absolute atomic E-state index is 0.164. The summed E-state index contributed by atoms with van der Waals surface area (Å²) >= 11 is 0. The van der Waals surface area contributed by atoms with Crippen molar-refractivity contribution in [1.29, 1.82) is 0 Å². The average molecular weight is 342 g/mol. The van der Waals surface area contributed by atoms with Crippen molar-refractivity contribution in [3.05, 3.63) is 48.2 Å². The van der Waals surface area contributed by atoms with Gasteiger partial charge in [-0.2, -0.15) is 0 Å². The summed E-state index contributed by atoms with van der Waals surface area (Å²) in [5.74, 6) is 1.33. The van der Waals surface area contributed by atoms with Crippen molar-refractivity contribution < 1.29 is 9.53 Å². The van der Waals surface area contributed by atoms with Gasteiger partial charge < -0.3 is 20.3 Å². The topological polar surface area (TPSA) is 66.5 Å². The number of carbonyl (C=O) groups excluding carboxylic acids is 1. The van der Waals surface area contributed by atoms with Crippen molar-refractivity contribution in [2.75, 3.05) is 44.4 Å². The molecule has 0 bridgehead atoms. The van der Waals surface area contributed by atoms with Crippen molar-refractivity contribution in [2.24, 2.45) is 0 Å². The Hall–Kier alpha value is -2.60. The van der Waals surface area contributed by atoms with Crippen molar-refractivity contribution in [1.82, 2.24) is 9.88 Å². The lowest BCUT2D eigenvalue weighted by Crippen LogP contribution is -2.17. The maximum Gasteiger partial charge on any atom is 0.255 e. The molecule has 1 aromatic carbocycles. The van der Waals surface area contributed by atoms with Crippen molar-refractivity contribution >= 4 is 17.4 Å². The molecule has 2 N–H and O–H groups in total. The van der Waals surface area contributed by atoms with Gasteiger partial charge in [-0.15, -0.1) is 0 Å². The Morgan fingerprint density at radius 2 is 1.96 bits per heavy atom. The van der Waals surface area contributed by atoms with E-state index in [1.807, 2.05) is 45.3 Å². The standard InChI is InChI=1S/C19H26N4O2/c1-4-25-17-8-6-16(7-9-17)22-19(24)15-10-12-21-18(14-15)20-11-5-13-23(2)3/h6-10,12,14H,4-5,11,13H2,1-3H3,(H,20,21)(H,22,24). The molecule has 134 valence electrons. The minimum atomic E-state index is -0.164. The van der Waals surface area contributed by atoms with Crippen LogP contribution >= 0.6 is 0 Å². The number of aromatic nitrogens is 1. The molecule has 0 saturated carbocycles. The van der Waals surface area contributed by atoms with Gasteiger partial charge in [0.05, 0.1) is 6.61 Å². The van der Waals surface area contributed by atoms with Gasteiger partial charge in [-0.3, -0.25) is 4.79 Å². The molecule has 0 aliphatic rings. The van der Waals surface area contributed by atoms with Crippen molar-refractivity contribution in [3.63, 3.8) is 0 Å². The van der Waals surface area contributed by atoms with Crippen LogP contribution in [0.25, 0.3) is 0 Å². The van der Waals surface area contributed by atoms with Gasteiger partial charge in [0, 0.05) is 24.0 Å². The summed E-state index contributed by atoms with van der Waals surface area (Å²) in [7, 11) is 4.09. The number of nitrogens with zero attached hydrogens (tertiary/aromatic N) is 2. The van der Waals surface area contributed by atoms with Crippen LogP contribution in [0.15, 0.2) is 42.6 Å². The fraction of sp³-hybridized carbons (Fsp3) is 0.368. The average Bonchev–Trinajstić information content (AvgIpc) is 2.61. The third kappa shape index (κ3) is 6.43. The first-order valence-corrected chi connectivity index (χ1v) is 8.47. The number of hydrogen-bond donors (Lipinski definition) is 2. The van der Waals surface area contributed by atoms with E-state index in [0.29, 0.717) is 18.0 Å². The summed E-state index contributed by atoms with van der Waals surface area (Å²) < 4.78 is 5.40. The molecule has 25 heavy (non-hydrogen) atoms. The lowest BCUT2D eigenvalue weighted by molar-refractivity contribution is 0.102. The van der Waals surface area contributed by atoms with Crippen LogP contribution in [-0.4, -0.2) is 49.6 Å². The lowest BCUT2D eigenvalue weighted by Gasteiger charge is -2.11. The number of amides is 1. The highest BCUT2D eigenvalue weighted by Gasteiger charge is 2.07. The molecule has 0 aliphatic carbocycles. The van der Waals surface area contributed by atoms with Crippen molar-refractivity contribution in [3.8, 4) is 5.75 Å². The first-order chi connectivity index (χ1) is 12.1. The molecule has 0 saturated heterocycles. The largest absolute Gasteiger partial charge is 0.494 e. The number of hydrogen-bond acceptors (Lipinski definition) is 5. The summed E-state index contributed by atoms with van der Waals surface area (Å²) in [6, 6.07) is 10.8. The van der Waals surface area contributed by atoms with Crippen LogP contribution in [0.5, 0.6) is 5.75 Å². The minimum Gasteiger partial charge on any atom is -0.494 e. The molecule has 2 aromatic rings. The summed E-state index contributed by atoms with van der Waals surface area (Å²) in [4.78, 5) is 18.8. The van der Waals surface area contributed by atoms with Crippen LogP contribution in [-0.2, 0) is 0 Å². The third-order valence-electron chi connectivity index (χ3n) is 3.53. The van der Waals surface area contributed by atoms with E-state index in [1.165, 1.54) is 0 Å². The molecule has 2 rings (SSSR count). The van der Waals surface area contributed by atoms with E-state index in [9.17, 15) is 4.79 Å². The lowest BCUT2D eigenvalue weighted by atomic mass is 10.2. The summed E-state index contributed by atoms with van der Waals surface area (Å²) in [6.07, 6.45) is 2.65. The molecule has 6 heteroatoms. The highest BCUT2D eigenvalue weighted by atomic mass is 16.5. The second kappa shape index (κ2) is 9.64. The van der Waals surface area contributed by atoms with Crippen LogP contribution in [0.4, 0.5) is 11.5 Å². The fourth-order valence-electron chi connectivity index (χ4n) is 2.28. The van der Waals surface area contributed by atoms with E-state index >= 15 is 0 Å². The van der Waals surface area contributed by atoms with Crippen LogP contribution in [0.2, 0.25) is 0 Å². The Balaban J connectivity index is 1.91. The fourth-order valence-corrected chi connectivity index (χ4v) is 2.28. The van der Waals surface area contributed by atoms with Gasteiger partial charge in [-0.1, -0.05) is 0 Å². The molecular weight excluding hydrogens is 316 g/mol. The number of anilines is 2. The van der Waals surface area contributed by atoms with Crippen LogP contribution in [0, 0.1) is 0 Å². The zero-order valence-electron chi connectivity index (χ0n) is 15.1. The summed E-state index contributed by atoms with van der Waals surface area (Å²) in [5, 5.41) is 6.13. The van der Waals surface area contributed by atoms with Gasteiger partial charge >= 0.3 is 0 Å². The van der Waals surface area contributed by atoms with E-state index in [2.05, 4.69) is 20.5 Å². The van der Waals surface area contributed by atoms with Gasteiger partial charge in [0.25, 0.3) is 5.91 Å². The Morgan fingerprint density at radius 3 is 2.64 bits per heavy atom. The number of carbonyl (C=O) groups is 1. The van der Waals surface area contributed by atoms with E-state index < -0.39 is 0 Å². The molecule has 1 heterocycles. The SMILES string of the molecule is CCOc1ccc(NC(=O)c2ccnc(NCCCN(C)C)c2)cc1. The zero-order chi connectivity index (χ0) is 18.1. The molecule has 0 radical (unpaired) electrons. The maximum atomic E-state index is 12.4. The van der Waals surface area contributed by atoms with Crippen LogP contribution < -0.4 is 15.4 Å². The Labute approximate surface area is 149 Å². The van der Waals surface area contributed by atoms with Gasteiger partial charge in [0.2, 0.25) is 0 Å². The number of rotatable bonds is 9. The second-order valence-corrected chi connectivity index (χ2v) is 5.92. The highest BCUT2D eigenvalue weighted by molar-refractivity contribution is 6.04.